The van der Waals surface area contributed by atoms with E-state index < -0.39 is 0 Å². The van der Waals surface area contributed by atoms with E-state index in [9.17, 15) is 0 Å². The monoisotopic (exact) mass is 267 g/mol. The van der Waals surface area contributed by atoms with Gasteiger partial charge in [0.25, 0.3) is 0 Å². The molecule has 1 aromatic carbocycles. The van der Waals surface area contributed by atoms with E-state index in [1.807, 2.05) is 24.3 Å². The van der Waals surface area contributed by atoms with Crippen LogP contribution < -0.4 is 5.32 Å². The summed E-state index contributed by atoms with van der Waals surface area (Å²) in [6.45, 7) is 4.98. The van der Waals surface area contributed by atoms with E-state index in [1.54, 1.807) is 11.3 Å². The SMILES string of the molecule is CC(C)NCc1nnc(-c2cccc(Cl)c2)s1. The zero-order valence-corrected chi connectivity index (χ0v) is 11.3. The van der Waals surface area contributed by atoms with Crippen molar-refractivity contribution in [2.45, 2.75) is 26.4 Å². The normalized spacial score (nSPS) is 11.1. The first-order chi connectivity index (χ1) is 8.15. The van der Waals surface area contributed by atoms with Crippen LogP contribution >= 0.6 is 22.9 Å². The van der Waals surface area contributed by atoms with Gasteiger partial charge < -0.3 is 5.32 Å². The Balaban J connectivity index is 2.12. The van der Waals surface area contributed by atoms with Crippen molar-refractivity contribution in [3.63, 3.8) is 0 Å². The minimum Gasteiger partial charge on any atom is -0.308 e. The van der Waals surface area contributed by atoms with Gasteiger partial charge in [-0.15, -0.1) is 10.2 Å². The highest BCUT2D eigenvalue weighted by Crippen LogP contribution is 2.25. The van der Waals surface area contributed by atoms with Crippen molar-refractivity contribution in [2.75, 3.05) is 0 Å². The summed E-state index contributed by atoms with van der Waals surface area (Å²) in [5.41, 5.74) is 1.02. The molecule has 0 radical (unpaired) electrons. The molecule has 0 aliphatic heterocycles. The summed E-state index contributed by atoms with van der Waals surface area (Å²) >= 11 is 7.54. The number of rotatable bonds is 4. The first-order valence-corrected chi connectivity index (χ1v) is 6.66. The van der Waals surface area contributed by atoms with Crippen LogP contribution in [0.15, 0.2) is 24.3 Å². The largest absolute Gasteiger partial charge is 0.308 e. The van der Waals surface area contributed by atoms with Crippen LogP contribution in [0.4, 0.5) is 0 Å². The van der Waals surface area contributed by atoms with Crippen molar-refractivity contribution in [2.24, 2.45) is 0 Å². The minimum atomic E-state index is 0.452. The molecule has 1 aromatic heterocycles. The number of nitrogens with zero attached hydrogens (tertiary/aromatic N) is 2. The fraction of sp³-hybridized carbons (Fsp3) is 0.333. The van der Waals surface area contributed by atoms with Crippen molar-refractivity contribution in [3.8, 4) is 10.6 Å². The van der Waals surface area contributed by atoms with E-state index in [4.69, 9.17) is 11.6 Å². The van der Waals surface area contributed by atoms with Gasteiger partial charge in [-0.1, -0.05) is 48.9 Å². The van der Waals surface area contributed by atoms with E-state index >= 15 is 0 Å². The summed E-state index contributed by atoms with van der Waals surface area (Å²) in [5.74, 6) is 0. The molecule has 17 heavy (non-hydrogen) atoms. The molecule has 0 aliphatic carbocycles. The van der Waals surface area contributed by atoms with Crippen molar-refractivity contribution < 1.29 is 0 Å². The van der Waals surface area contributed by atoms with Crippen molar-refractivity contribution in [3.05, 3.63) is 34.3 Å². The van der Waals surface area contributed by atoms with Gasteiger partial charge in [0.15, 0.2) is 0 Å². The summed E-state index contributed by atoms with van der Waals surface area (Å²) < 4.78 is 0. The Morgan fingerprint density at radius 3 is 2.88 bits per heavy atom. The molecular weight excluding hydrogens is 254 g/mol. The van der Waals surface area contributed by atoms with Crippen molar-refractivity contribution in [1.29, 1.82) is 0 Å². The predicted octanol–water partition coefficient (Wildman–Crippen LogP) is 3.36. The molecular formula is C12H14ClN3S. The Labute approximate surface area is 110 Å². The molecule has 2 aromatic rings. The van der Waals surface area contributed by atoms with Crippen LogP contribution in [0, 0.1) is 0 Å². The van der Waals surface area contributed by atoms with Gasteiger partial charge in [-0.2, -0.15) is 0 Å². The van der Waals surface area contributed by atoms with Gasteiger partial charge >= 0.3 is 0 Å². The van der Waals surface area contributed by atoms with Gasteiger partial charge in [0.05, 0.1) is 0 Å². The lowest BCUT2D eigenvalue weighted by Crippen LogP contribution is -2.21. The van der Waals surface area contributed by atoms with Crippen LogP contribution in [0.25, 0.3) is 10.6 Å². The highest BCUT2D eigenvalue weighted by molar-refractivity contribution is 7.14. The second kappa shape index (κ2) is 5.58. The third kappa shape index (κ3) is 3.49. The number of nitrogens with one attached hydrogen (secondary N) is 1. The number of halogens is 1. The number of hydrogen-bond donors (Lipinski definition) is 1. The lowest BCUT2D eigenvalue weighted by Gasteiger charge is -2.03. The van der Waals surface area contributed by atoms with E-state index in [0.29, 0.717) is 6.04 Å². The van der Waals surface area contributed by atoms with Gasteiger partial charge in [-0.25, -0.2) is 0 Å². The molecule has 2 rings (SSSR count). The summed E-state index contributed by atoms with van der Waals surface area (Å²) in [4.78, 5) is 0. The number of benzene rings is 1. The molecule has 5 heteroatoms. The Hall–Kier alpha value is -0.970. The van der Waals surface area contributed by atoms with Crippen LogP contribution in [0.3, 0.4) is 0 Å². The summed E-state index contributed by atoms with van der Waals surface area (Å²) in [6, 6.07) is 8.13. The Morgan fingerprint density at radius 1 is 1.35 bits per heavy atom. The summed E-state index contributed by atoms with van der Waals surface area (Å²) in [5, 5.41) is 14.3. The summed E-state index contributed by atoms with van der Waals surface area (Å²) in [7, 11) is 0. The quantitative estimate of drug-likeness (QED) is 0.923. The van der Waals surface area contributed by atoms with Crippen molar-refractivity contribution in [1.82, 2.24) is 15.5 Å². The molecule has 0 fully saturated rings. The van der Waals surface area contributed by atoms with Crippen LogP contribution in [-0.2, 0) is 6.54 Å². The number of hydrogen-bond acceptors (Lipinski definition) is 4. The molecule has 1 heterocycles. The molecule has 0 aliphatic rings. The highest BCUT2D eigenvalue weighted by atomic mass is 35.5. The Bertz CT molecular complexity index is 496. The van der Waals surface area contributed by atoms with Gasteiger partial charge in [0, 0.05) is 23.2 Å². The zero-order chi connectivity index (χ0) is 12.3. The topological polar surface area (TPSA) is 37.8 Å². The lowest BCUT2D eigenvalue weighted by atomic mass is 10.2. The molecule has 0 saturated heterocycles. The first-order valence-electron chi connectivity index (χ1n) is 5.47. The Morgan fingerprint density at radius 2 is 2.18 bits per heavy atom. The lowest BCUT2D eigenvalue weighted by molar-refractivity contribution is 0.585. The third-order valence-corrected chi connectivity index (χ3v) is 3.41. The molecule has 90 valence electrons. The van der Waals surface area contributed by atoms with Gasteiger partial charge in [0.1, 0.15) is 10.0 Å². The molecule has 0 bridgehead atoms. The van der Waals surface area contributed by atoms with Crippen LogP contribution in [0.5, 0.6) is 0 Å². The average Bonchev–Trinajstić information content (AvgIpc) is 2.75. The second-order valence-electron chi connectivity index (χ2n) is 4.05. The Kier molecular flexibility index (Phi) is 4.10. The zero-order valence-electron chi connectivity index (χ0n) is 9.77. The molecule has 1 N–H and O–H groups in total. The molecule has 0 atom stereocenters. The van der Waals surface area contributed by atoms with Crippen LogP contribution in [0.1, 0.15) is 18.9 Å². The smallest absolute Gasteiger partial charge is 0.147 e. The van der Waals surface area contributed by atoms with Crippen LogP contribution in [0.2, 0.25) is 5.02 Å². The van der Waals surface area contributed by atoms with Gasteiger partial charge in [-0.05, 0) is 12.1 Å². The number of aromatic nitrogens is 2. The van der Waals surface area contributed by atoms with Crippen molar-refractivity contribution >= 4 is 22.9 Å². The van der Waals surface area contributed by atoms with E-state index in [1.165, 1.54) is 0 Å². The van der Waals surface area contributed by atoms with Crippen LogP contribution in [-0.4, -0.2) is 16.2 Å². The highest BCUT2D eigenvalue weighted by Gasteiger charge is 2.07. The molecule has 0 saturated carbocycles. The minimum absolute atomic E-state index is 0.452. The average molecular weight is 268 g/mol. The third-order valence-electron chi connectivity index (χ3n) is 2.20. The van der Waals surface area contributed by atoms with E-state index in [2.05, 4.69) is 29.4 Å². The predicted molar refractivity (Wildman–Crippen MR) is 72.3 cm³/mol. The maximum atomic E-state index is 5.95. The molecule has 3 nitrogen and oxygen atoms in total. The van der Waals surface area contributed by atoms with E-state index in [-0.39, 0.29) is 0 Å². The molecule has 0 spiro atoms. The van der Waals surface area contributed by atoms with Gasteiger partial charge in [0.2, 0.25) is 0 Å². The maximum absolute atomic E-state index is 5.95. The standard InChI is InChI=1S/C12H14ClN3S/c1-8(2)14-7-11-15-16-12(17-11)9-4-3-5-10(13)6-9/h3-6,8,14H,7H2,1-2H3. The molecule has 0 amide bonds. The maximum Gasteiger partial charge on any atom is 0.147 e. The second-order valence-corrected chi connectivity index (χ2v) is 5.55. The van der Waals surface area contributed by atoms with Gasteiger partial charge in [-0.3, -0.25) is 0 Å². The fourth-order valence-corrected chi connectivity index (χ4v) is 2.33. The van der Waals surface area contributed by atoms with E-state index in [0.717, 1.165) is 27.1 Å². The first kappa shape index (κ1) is 12.5. The summed E-state index contributed by atoms with van der Waals surface area (Å²) in [6.07, 6.45) is 0. The molecule has 0 unspecified atom stereocenters. The fourth-order valence-electron chi connectivity index (χ4n) is 1.35.